The Morgan fingerprint density at radius 2 is 2.67 bits per heavy atom. The predicted octanol–water partition coefficient (Wildman–Crippen LogP) is 1.12. The number of hydrogen-bond acceptors (Lipinski definition) is 0. The van der Waals surface area contributed by atoms with Gasteiger partial charge in [-0.2, -0.15) is 0 Å². The van der Waals surface area contributed by atoms with Crippen LogP contribution in [0.4, 0.5) is 0 Å². The molecule has 0 fully saturated rings. The summed E-state index contributed by atoms with van der Waals surface area (Å²) in [6.45, 7) is 1.97. The van der Waals surface area contributed by atoms with Crippen LogP contribution in [0.1, 0.15) is 5.69 Å². The minimum Gasteiger partial charge on any atom is -0.365 e. The van der Waals surface area contributed by atoms with Gasteiger partial charge in [0.15, 0.2) is 0 Å². The predicted molar refractivity (Wildman–Crippen MR) is 24.4 cm³/mol. The monoisotopic (exact) mass is 80.1 g/mol. The Morgan fingerprint density at radius 3 is 2.83 bits per heavy atom. The molecule has 1 heteroatoms. The van der Waals surface area contributed by atoms with E-state index in [-0.39, 0.29) is 0 Å². The molecule has 0 saturated heterocycles. The van der Waals surface area contributed by atoms with Crippen LogP contribution in [0.25, 0.3) is 0 Å². The van der Waals surface area contributed by atoms with Gasteiger partial charge < -0.3 is 4.98 Å². The van der Waals surface area contributed by atoms with E-state index in [0.717, 1.165) is 5.69 Å². The molecule has 1 aromatic heterocycles. The Morgan fingerprint density at radius 1 is 1.83 bits per heavy atom. The van der Waals surface area contributed by atoms with Crippen LogP contribution in [-0.4, -0.2) is 4.98 Å². The lowest BCUT2D eigenvalue weighted by atomic mass is 10.5. The molecular weight excluding hydrogens is 74.1 g/mol. The maximum absolute atomic E-state index is 2.94. The van der Waals surface area contributed by atoms with E-state index in [9.17, 15) is 0 Å². The van der Waals surface area contributed by atoms with Crippen molar-refractivity contribution in [2.75, 3.05) is 0 Å². The summed E-state index contributed by atoms with van der Waals surface area (Å²) in [6.07, 6.45) is 1.86. The maximum Gasteiger partial charge on any atom is 0.0195 e. The quantitative estimate of drug-likeness (QED) is 0.480. The number of rotatable bonds is 0. The van der Waals surface area contributed by atoms with E-state index >= 15 is 0 Å². The fraction of sp³-hybridized carbons (Fsp3) is 0.200. The molecule has 1 nitrogen and oxygen atoms in total. The molecule has 0 amide bonds. The second kappa shape index (κ2) is 1.17. The van der Waals surface area contributed by atoms with Crippen molar-refractivity contribution in [1.82, 2.24) is 4.98 Å². The molecule has 0 bridgehead atoms. The molecule has 1 radical (unpaired) electrons. The first kappa shape index (κ1) is 3.47. The van der Waals surface area contributed by atoms with Crippen LogP contribution < -0.4 is 0 Å². The van der Waals surface area contributed by atoms with E-state index in [0.29, 0.717) is 0 Å². The summed E-state index contributed by atoms with van der Waals surface area (Å²) in [5.41, 5.74) is 1.09. The van der Waals surface area contributed by atoms with Crippen molar-refractivity contribution < 1.29 is 0 Å². The van der Waals surface area contributed by atoms with E-state index in [1.807, 2.05) is 19.2 Å². The largest absolute Gasteiger partial charge is 0.365 e. The summed E-state index contributed by atoms with van der Waals surface area (Å²) in [5, 5.41) is 0. The van der Waals surface area contributed by atoms with Crippen LogP contribution in [-0.2, 0) is 0 Å². The lowest BCUT2D eigenvalue weighted by Crippen LogP contribution is -1.60. The van der Waals surface area contributed by atoms with Crippen molar-refractivity contribution in [3.05, 3.63) is 24.0 Å². The molecule has 1 rings (SSSR count). The van der Waals surface area contributed by atoms with Crippen LogP contribution in [0.2, 0.25) is 0 Å². The Bertz CT molecular complexity index is 107. The molecule has 0 aliphatic rings. The van der Waals surface area contributed by atoms with Gasteiger partial charge in [-0.1, -0.05) is 0 Å². The van der Waals surface area contributed by atoms with E-state index in [1.54, 1.807) is 0 Å². The van der Waals surface area contributed by atoms with Crippen LogP contribution in [0.3, 0.4) is 0 Å². The van der Waals surface area contributed by atoms with E-state index in [1.165, 1.54) is 0 Å². The van der Waals surface area contributed by atoms with Crippen LogP contribution in [0.5, 0.6) is 0 Å². The average molecular weight is 80.1 g/mol. The third-order valence-electron chi connectivity index (χ3n) is 0.683. The zero-order valence-corrected chi connectivity index (χ0v) is 3.65. The molecule has 0 spiro atoms. The Balaban J connectivity index is 3.05. The second-order valence-electron chi connectivity index (χ2n) is 1.25. The molecule has 0 saturated carbocycles. The minimum atomic E-state index is 1.09. The van der Waals surface area contributed by atoms with Crippen LogP contribution in [0, 0.1) is 13.0 Å². The highest BCUT2D eigenvalue weighted by Crippen LogP contribution is 1.85. The Kier molecular flexibility index (Phi) is 0.675. The zero-order valence-electron chi connectivity index (χ0n) is 3.65. The minimum absolute atomic E-state index is 1.09. The molecule has 1 heterocycles. The molecule has 0 aliphatic heterocycles. The zero-order chi connectivity index (χ0) is 4.41. The normalized spacial score (nSPS) is 8.83. The summed E-state index contributed by atoms with van der Waals surface area (Å²) >= 11 is 0. The lowest BCUT2D eigenvalue weighted by Gasteiger charge is -1.69. The van der Waals surface area contributed by atoms with Crippen molar-refractivity contribution in [3.8, 4) is 0 Å². The van der Waals surface area contributed by atoms with Gasteiger partial charge in [-0.25, -0.2) is 0 Å². The molecule has 0 unspecified atom stereocenters. The highest BCUT2D eigenvalue weighted by molar-refractivity contribution is 4.97. The molecule has 0 aliphatic carbocycles. The second-order valence-corrected chi connectivity index (χ2v) is 1.25. The smallest absolute Gasteiger partial charge is 0.0195 e. The van der Waals surface area contributed by atoms with Crippen molar-refractivity contribution in [2.45, 2.75) is 6.92 Å². The SMILES string of the molecule is Cc1[c]cc[nH]1. The van der Waals surface area contributed by atoms with E-state index in [4.69, 9.17) is 0 Å². The molecule has 1 N–H and O–H groups in total. The number of nitrogens with one attached hydrogen (secondary N) is 1. The Labute approximate surface area is 37.0 Å². The molecule has 0 aromatic carbocycles. The van der Waals surface area contributed by atoms with Gasteiger partial charge in [-0.15, -0.1) is 0 Å². The molecule has 6 heavy (non-hydrogen) atoms. The van der Waals surface area contributed by atoms with Crippen molar-refractivity contribution in [3.63, 3.8) is 0 Å². The fourth-order valence-electron chi connectivity index (χ4n) is 0.375. The topological polar surface area (TPSA) is 15.8 Å². The summed E-state index contributed by atoms with van der Waals surface area (Å²) in [6, 6.07) is 4.80. The Hall–Kier alpha value is -0.720. The number of aryl methyl sites for hydroxylation is 1. The third kappa shape index (κ3) is 0.432. The van der Waals surface area contributed by atoms with Gasteiger partial charge in [-0.3, -0.25) is 0 Å². The standard InChI is InChI=1S/C5H6N/c1-5-3-2-4-6-5/h2,4,6H,1H3. The summed E-state index contributed by atoms with van der Waals surface area (Å²) in [7, 11) is 0. The third-order valence-corrected chi connectivity index (χ3v) is 0.683. The first-order valence-corrected chi connectivity index (χ1v) is 1.91. The van der Waals surface area contributed by atoms with Gasteiger partial charge in [0.25, 0.3) is 0 Å². The summed E-state index contributed by atoms with van der Waals surface area (Å²) in [5.74, 6) is 0. The number of aromatic nitrogens is 1. The van der Waals surface area contributed by atoms with E-state index in [2.05, 4.69) is 11.1 Å². The number of aromatic amines is 1. The molecule has 31 valence electrons. The van der Waals surface area contributed by atoms with Gasteiger partial charge in [-0.05, 0) is 13.0 Å². The summed E-state index contributed by atoms with van der Waals surface area (Å²) in [4.78, 5) is 2.94. The highest BCUT2D eigenvalue weighted by atomic mass is 14.7. The van der Waals surface area contributed by atoms with Crippen molar-refractivity contribution in [2.24, 2.45) is 0 Å². The van der Waals surface area contributed by atoms with Gasteiger partial charge in [0.2, 0.25) is 0 Å². The first-order chi connectivity index (χ1) is 2.89. The van der Waals surface area contributed by atoms with Gasteiger partial charge in [0, 0.05) is 18.0 Å². The summed E-state index contributed by atoms with van der Waals surface area (Å²) < 4.78 is 0. The molecule has 1 aromatic rings. The molecular formula is C5H6N. The first-order valence-electron chi connectivity index (χ1n) is 1.91. The highest BCUT2D eigenvalue weighted by Gasteiger charge is 1.73. The number of hydrogen-bond donors (Lipinski definition) is 1. The van der Waals surface area contributed by atoms with E-state index < -0.39 is 0 Å². The van der Waals surface area contributed by atoms with Crippen LogP contribution >= 0.6 is 0 Å². The maximum atomic E-state index is 2.94. The van der Waals surface area contributed by atoms with Gasteiger partial charge in [0.05, 0.1) is 0 Å². The van der Waals surface area contributed by atoms with Gasteiger partial charge in [0.1, 0.15) is 0 Å². The fourth-order valence-corrected chi connectivity index (χ4v) is 0.375. The van der Waals surface area contributed by atoms with Gasteiger partial charge >= 0.3 is 0 Å². The van der Waals surface area contributed by atoms with Crippen LogP contribution in [0.15, 0.2) is 12.3 Å². The average Bonchev–Trinajstić information content (AvgIpc) is 1.86. The molecule has 0 atom stereocenters. The lowest BCUT2D eigenvalue weighted by molar-refractivity contribution is 1.26. The van der Waals surface area contributed by atoms with Crippen molar-refractivity contribution in [1.29, 1.82) is 0 Å². The number of H-pyrrole nitrogens is 1. The van der Waals surface area contributed by atoms with Crippen molar-refractivity contribution >= 4 is 0 Å².